The van der Waals surface area contributed by atoms with Crippen LogP contribution >= 0.6 is 24.5 Å². The largest absolute Gasteiger partial charge is 0.320 e. The van der Waals surface area contributed by atoms with Crippen molar-refractivity contribution in [1.29, 1.82) is 0 Å². The van der Waals surface area contributed by atoms with Gasteiger partial charge in [0.05, 0.1) is 13.2 Å². The predicted octanol–water partition coefficient (Wildman–Crippen LogP) is 4.16. The Bertz CT molecular complexity index is 275. The first-order valence-electron chi connectivity index (χ1n) is 4.84. The molecule has 15 heavy (non-hydrogen) atoms. The summed E-state index contributed by atoms with van der Waals surface area (Å²) in [4.78, 5) is 0. The van der Waals surface area contributed by atoms with Crippen molar-refractivity contribution >= 4 is 30.1 Å². The van der Waals surface area contributed by atoms with E-state index in [0.717, 1.165) is 10.2 Å². The van der Waals surface area contributed by atoms with Crippen LogP contribution in [0.2, 0.25) is 0 Å². The number of anilines is 1. The van der Waals surface area contributed by atoms with Crippen LogP contribution in [0, 0.1) is 0 Å². The topological polar surface area (TPSA) is 30.5 Å². The van der Waals surface area contributed by atoms with Gasteiger partial charge in [-0.3, -0.25) is 0 Å². The molecule has 0 radical (unpaired) electrons. The maximum absolute atomic E-state index is 5.44. The van der Waals surface area contributed by atoms with Crippen molar-refractivity contribution in [3.05, 3.63) is 28.7 Å². The number of hydrogen-bond donors (Lipinski definition) is 1. The second-order valence-electron chi connectivity index (χ2n) is 2.71. The zero-order chi connectivity index (χ0) is 11.1. The molecule has 1 aromatic rings. The SMILES string of the molecule is CCOP(Nc1ccc(Br)cc1)OCC. The van der Waals surface area contributed by atoms with Crippen molar-refractivity contribution in [2.75, 3.05) is 18.3 Å². The summed E-state index contributed by atoms with van der Waals surface area (Å²) in [5.41, 5.74) is 1.01. The monoisotopic (exact) mass is 291 g/mol. The normalized spacial score (nSPS) is 10.7. The van der Waals surface area contributed by atoms with E-state index in [-0.39, 0.29) is 0 Å². The molecule has 0 spiro atoms. The van der Waals surface area contributed by atoms with Gasteiger partial charge in [-0.2, -0.15) is 0 Å². The Morgan fingerprint density at radius 2 is 1.67 bits per heavy atom. The second kappa shape index (κ2) is 7.18. The van der Waals surface area contributed by atoms with E-state index in [2.05, 4.69) is 21.0 Å². The van der Waals surface area contributed by atoms with Gasteiger partial charge >= 0.3 is 0 Å². The molecule has 0 aromatic heterocycles. The number of hydrogen-bond acceptors (Lipinski definition) is 3. The van der Waals surface area contributed by atoms with Gasteiger partial charge in [0.15, 0.2) is 0 Å². The summed E-state index contributed by atoms with van der Waals surface area (Å²) in [5, 5.41) is 3.21. The first kappa shape index (κ1) is 12.9. The number of halogens is 1. The van der Waals surface area contributed by atoms with E-state index >= 15 is 0 Å². The first-order valence-corrected chi connectivity index (χ1v) is 6.81. The van der Waals surface area contributed by atoms with Crippen LogP contribution < -0.4 is 5.09 Å². The molecule has 0 saturated carbocycles. The highest BCUT2D eigenvalue weighted by Gasteiger charge is 2.08. The van der Waals surface area contributed by atoms with E-state index in [1.54, 1.807) is 0 Å². The Kier molecular flexibility index (Phi) is 6.18. The lowest BCUT2D eigenvalue weighted by atomic mass is 10.3. The van der Waals surface area contributed by atoms with E-state index in [1.165, 1.54) is 0 Å². The third-order valence-electron chi connectivity index (χ3n) is 1.56. The van der Waals surface area contributed by atoms with Gasteiger partial charge in [-0.05, 0) is 38.1 Å². The summed E-state index contributed by atoms with van der Waals surface area (Å²) >= 11 is 3.39. The highest BCUT2D eigenvalue weighted by molar-refractivity contribution is 9.10. The fraction of sp³-hybridized carbons (Fsp3) is 0.400. The van der Waals surface area contributed by atoms with Crippen molar-refractivity contribution < 1.29 is 9.05 Å². The minimum Gasteiger partial charge on any atom is -0.320 e. The standard InChI is InChI=1S/C10H15BrNO2P/c1-3-13-15(14-4-2)12-10-7-5-9(11)6-8-10/h5-8,12H,3-4H2,1-2H3. The Labute approximate surface area is 100 Å². The summed E-state index contributed by atoms with van der Waals surface area (Å²) in [6, 6.07) is 7.93. The highest BCUT2D eigenvalue weighted by atomic mass is 79.9. The van der Waals surface area contributed by atoms with Crippen molar-refractivity contribution in [3.8, 4) is 0 Å². The van der Waals surface area contributed by atoms with Gasteiger partial charge in [0.25, 0.3) is 8.53 Å². The van der Waals surface area contributed by atoms with Gasteiger partial charge < -0.3 is 14.1 Å². The molecule has 1 N–H and O–H groups in total. The van der Waals surface area contributed by atoms with Gasteiger partial charge in [-0.1, -0.05) is 15.9 Å². The zero-order valence-corrected chi connectivity index (χ0v) is 11.3. The molecular weight excluding hydrogens is 277 g/mol. The van der Waals surface area contributed by atoms with Gasteiger partial charge in [-0.25, -0.2) is 0 Å². The molecule has 1 rings (SSSR count). The third kappa shape index (κ3) is 4.94. The van der Waals surface area contributed by atoms with Gasteiger partial charge in [0.1, 0.15) is 0 Å². The van der Waals surface area contributed by atoms with Crippen molar-refractivity contribution in [1.82, 2.24) is 0 Å². The van der Waals surface area contributed by atoms with Crippen molar-refractivity contribution in [2.45, 2.75) is 13.8 Å². The van der Waals surface area contributed by atoms with Crippen LogP contribution in [-0.4, -0.2) is 13.2 Å². The molecule has 0 amide bonds. The Morgan fingerprint density at radius 1 is 1.13 bits per heavy atom. The molecular formula is C10H15BrNO2P. The molecule has 0 bridgehead atoms. The summed E-state index contributed by atoms with van der Waals surface area (Å²) in [6.07, 6.45) is 0. The summed E-state index contributed by atoms with van der Waals surface area (Å²) < 4.78 is 11.9. The highest BCUT2D eigenvalue weighted by Crippen LogP contribution is 2.38. The van der Waals surface area contributed by atoms with E-state index < -0.39 is 8.53 Å². The van der Waals surface area contributed by atoms with E-state index in [9.17, 15) is 0 Å². The molecule has 3 nitrogen and oxygen atoms in total. The Hall–Kier alpha value is -0.150. The van der Waals surface area contributed by atoms with Crippen molar-refractivity contribution in [2.24, 2.45) is 0 Å². The van der Waals surface area contributed by atoms with Crippen LogP contribution in [0.25, 0.3) is 0 Å². The van der Waals surface area contributed by atoms with Gasteiger partial charge in [0, 0.05) is 10.2 Å². The molecule has 0 aliphatic carbocycles. The first-order chi connectivity index (χ1) is 7.26. The molecule has 5 heteroatoms. The molecule has 0 aliphatic rings. The van der Waals surface area contributed by atoms with Crippen LogP contribution in [0.5, 0.6) is 0 Å². The number of benzene rings is 1. The smallest absolute Gasteiger partial charge is 0.287 e. The van der Waals surface area contributed by atoms with Crippen LogP contribution in [-0.2, 0) is 9.05 Å². The average Bonchev–Trinajstić information content (AvgIpc) is 2.22. The average molecular weight is 292 g/mol. The second-order valence-corrected chi connectivity index (χ2v) is 4.88. The Morgan fingerprint density at radius 3 is 2.13 bits per heavy atom. The van der Waals surface area contributed by atoms with Crippen LogP contribution in [0.4, 0.5) is 5.69 Å². The van der Waals surface area contributed by atoms with Crippen LogP contribution in [0.15, 0.2) is 28.7 Å². The lowest BCUT2D eigenvalue weighted by Crippen LogP contribution is -1.99. The zero-order valence-electron chi connectivity index (χ0n) is 8.87. The molecule has 0 fully saturated rings. The summed E-state index contributed by atoms with van der Waals surface area (Å²) in [5.74, 6) is 0. The summed E-state index contributed by atoms with van der Waals surface area (Å²) in [6.45, 7) is 5.21. The lowest BCUT2D eigenvalue weighted by Gasteiger charge is -2.17. The number of rotatable bonds is 6. The summed E-state index contributed by atoms with van der Waals surface area (Å²) in [7, 11) is -1.01. The minimum atomic E-state index is -1.01. The number of nitrogens with one attached hydrogen (secondary N) is 1. The van der Waals surface area contributed by atoms with Crippen LogP contribution in [0.1, 0.15) is 13.8 Å². The molecule has 0 heterocycles. The van der Waals surface area contributed by atoms with Crippen molar-refractivity contribution in [3.63, 3.8) is 0 Å². The quantitative estimate of drug-likeness (QED) is 0.798. The molecule has 1 aromatic carbocycles. The predicted molar refractivity (Wildman–Crippen MR) is 67.9 cm³/mol. The van der Waals surface area contributed by atoms with E-state index in [1.807, 2.05) is 38.1 Å². The molecule has 0 unspecified atom stereocenters. The maximum Gasteiger partial charge on any atom is 0.287 e. The van der Waals surface area contributed by atoms with Gasteiger partial charge in [0.2, 0.25) is 0 Å². The lowest BCUT2D eigenvalue weighted by molar-refractivity contribution is 0.273. The maximum atomic E-state index is 5.44. The third-order valence-corrected chi connectivity index (χ3v) is 3.51. The molecule has 84 valence electrons. The van der Waals surface area contributed by atoms with Gasteiger partial charge in [-0.15, -0.1) is 0 Å². The molecule has 0 saturated heterocycles. The molecule has 0 aliphatic heterocycles. The minimum absolute atomic E-state index is 0.648. The van der Waals surface area contributed by atoms with E-state index in [0.29, 0.717) is 13.2 Å². The van der Waals surface area contributed by atoms with Crippen LogP contribution in [0.3, 0.4) is 0 Å². The molecule has 0 atom stereocenters. The Balaban J connectivity index is 2.53. The fourth-order valence-electron chi connectivity index (χ4n) is 0.966. The fourth-order valence-corrected chi connectivity index (χ4v) is 2.26. The van der Waals surface area contributed by atoms with E-state index in [4.69, 9.17) is 9.05 Å².